The Morgan fingerprint density at radius 2 is 1.74 bits per heavy atom. The minimum Gasteiger partial charge on any atom is -0.460 e. The van der Waals surface area contributed by atoms with Gasteiger partial charge in [0.05, 0.1) is 4.90 Å². The normalized spacial score (nSPS) is 15.0. The molecule has 0 heterocycles. The van der Waals surface area contributed by atoms with E-state index in [9.17, 15) is 13.2 Å². The second-order valence-electron chi connectivity index (χ2n) is 4.53. The maximum atomic E-state index is 12.4. The third-order valence-electron chi connectivity index (χ3n) is 2.59. The van der Waals surface area contributed by atoms with Gasteiger partial charge in [0.2, 0.25) is 0 Å². The molecule has 6 heteroatoms. The smallest absolute Gasteiger partial charge is 0.302 e. The maximum Gasteiger partial charge on any atom is 0.302 e. The summed E-state index contributed by atoms with van der Waals surface area (Å²) in [5.41, 5.74) is 0. The maximum absolute atomic E-state index is 12.4. The van der Waals surface area contributed by atoms with E-state index in [0.717, 1.165) is 0 Å². The van der Waals surface area contributed by atoms with E-state index in [2.05, 4.69) is 15.9 Å². The monoisotopic (exact) mass is 348 g/mol. The summed E-state index contributed by atoms with van der Waals surface area (Å²) in [5.74, 6) is -0.613. The quantitative estimate of drug-likeness (QED) is 0.606. The molecular weight excluding hydrogens is 332 g/mol. The summed E-state index contributed by atoms with van der Waals surface area (Å²) in [6.45, 7) is 4.88. The number of carbonyl (C=O) groups excluding carboxylic acids is 1. The van der Waals surface area contributed by atoms with E-state index in [0.29, 0.717) is 0 Å². The van der Waals surface area contributed by atoms with Gasteiger partial charge in [-0.15, -0.1) is 0 Å². The zero-order chi connectivity index (χ0) is 14.6. The Balaban J connectivity index is 3.09. The number of carbonyl (C=O) groups is 1. The number of halogens is 1. The molecule has 0 saturated heterocycles. The number of ether oxygens (including phenoxy) is 1. The second-order valence-corrected chi connectivity index (χ2v) is 8.19. The Kier molecular flexibility index (Phi) is 5.55. The van der Waals surface area contributed by atoms with Crippen LogP contribution in [0.1, 0.15) is 20.8 Å². The third kappa shape index (κ3) is 4.04. The minimum absolute atomic E-state index is 0.119. The van der Waals surface area contributed by atoms with Crippen molar-refractivity contribution in [3.63, 3.8) is 0 Å². The SMILES string of the molecule is CC(=O)OC(C(C)C)C(Br)S(=O)(=O)c1ccccc1. The topological polar surface area (TPSA) is 60.4 Å². The summed E-state index contributed by atoms with van der Waals surface area (Å²) in [6.07, 6.45) is -0.734. The number of rotatable bonds is 5. The third-order valence-corrected chi connectivity index (χ3v) is 6.37. The van der Waals surface area contributed by atoms with Crippen molar-refractivity contribution in [2.45, 2.75) is 35.9 Å². The first-order valence-corrected chi connectivity index (χ1v) is 8.33. The number of alkyl halides is 1. The first-order valence-electron chi connectivity index (χ1n) is 5.87. The largest absolute Gasteiger partial charge is 0.460 e. The fourth-order valence-corrected chi connectivity index (χ4v) is 4.49. The lowest BCUT2D eigenvalue weighted by Crippen LogP contribution is -2.36. The molecule has 0 spiro atoms. The van der Waals surface area contributed by atoms with Gasteiger partial charge in [0, 0.05) is 6.92 Å². The second kappa shape index (κ2) is 6.52. The average molecular weight is 349 g/mol. The Labute approximate surface area is 122 Å². The van der Waals surface area contributed by atoms with Gasteiger partial charge in [0.15, 0.2) is 14.0 Å². The van der Waals surface area contributed by atoms with Crippen molar-refractivity contribution in [1.82, 2.24) is 0 Å². The zero-order valence-electron chi connectivity index (χ0n) is 11.0. The Hall–Kier alpha value is -0.880. The Morgan fingerprint density at radius 1 is 1.21 bits per heavy atom. The molecule has 0 N–H and O–H groups in total. The molecule has 2 atom stereocenters. The molecule has 0 aliphatic heterocycles. The standard InChI is InChI=1S/C13H17BrO4S/c1-9(2)12(18-10(3)15)13(14)19(16,17)11-7-5-4-6-8-11/h4-9,12-13H,1-3H3. The molecule has 0 bridgehead atoms. The van der Waals surface area contributed by atoms with Crippen LogP contribution >= 0.6 is 15.9 Å². The predicted molar refractivity (Wildman–Crippen MR) is 76.7 cm³/mol. The number of hydrogen-bond acceptors (Lipinski definition) is 4. The fourth-order valence-electron chi connectivity index (χ4n) is 1.60. The first kappa shape index (κ1) is 16.2. The van der Waals surface area contributed by atoms with E-state index in [1.807, 2.05) is 13.8 Å². The molecule has 1 aromatic rings. The van der Waals surface area contributed by atoms with Gasteiger partial charge < -0.3 is 4.74 Å². The van der Waals surface area contributed by atoms with Gasteiger partial charge in [0.1, 0.15) is 6.10 Å². The lowest BCUT2D eigenvalue weighted by atomic mass is 10.1. The first-order chi connectivity index (χ1) is 8.76. The van der Waals surface area contributed by atoms with E-state index >= 15 is 0 Å². The van der Waals surface area contributed by atoms with E-state index in [1.165, 1.54) is 19.1 Å². The van der Waals surface area contributed by atoms with Crippen molar-refractivity contribution in [3.05, 3.63) is 30.3 Å². The highest BCUT2D eigenvalue weighted by Gasteiger charge is 2.36. The van der Waals surface area contributed by atoms with Crippen LogP contribution in [0.25, 0.3) is 0 Å². The average Bonchev–Trinajstić information content (AvgIpc) is 2.35. The molecule has 0 fully saturated rings. The van der Waals surface area contributed by atoms with Crippen LogP contribution < -0.4 is 0 Å². The number of hydrogen-bond donors (Lipinski definition) is 0. The van der Waals surface area contributed by atoms with E-state index in [-0.39, 0.29) is 10.8 Å². The number of esters is 1. The number of benzene rings is 1. The van der Waals surface area contributed by atoms with Crippen molar-refractivity contribution in [1.29, 1.82) is 0 Å². The molecule has 106 valence electrons. The van der Waals surface area contributed by atoms with Crippen molar-refractivity contribution in [3.8, 4) is 0 Å². The predicted octanol–water partition coefficient (Wildman–Crippen LogP) is 2.77. The molecule has 1 aromatic carbocycles. The highest BCUT2D eigenvalue weighted by Crippen LogP contribution is 2.28. The molecule has 19 heavy (non-hydrogen) atoms. The molecule has 1 rings (SSSR count). The molecule has 0 aliphatic rings. The molecule has 4 nitrogen and oxygen atoms in total. The highest BCUT2D eigenvalue weighted by molar-refractivity contribution is 9.11. The Morgan fingerprint density at radius 3 is 2.16 bits per heavy atom. The fraction of sp³-hybridized carbons (Fsp3) is 0.462. The molecular formula is C13H17BrO4S. The van der Waals surface area contributed by atoms with Gasteiger partial charge in [0.25, 0.3) is 0 Å². The zero-order valence-corrected chi connectivity index (χ0v) is 13.4. The molecule has 0 amide bonds. The van der Waals surface area contributed by atoms with E-state index in [4.69, 9.17) is 4.74 Å². The van der Waals surface area contributed by atoms with Crippen molar-refractivity contribution in [2.24, 2.45) is 5.92 Å². The van der Waals surface area contributed by atoms with Crippen LogP contribution in [0.4, 0.5) is 0 Å². The Bertz CT molecular complexity index is 525. The van der Waals surface area contributed by atoms with Gasteiger partial charge in [-0.2, -0.15) is 0 Å². The van der Waals surface area contributed by atoms with Crippen molar-refractivity contribution < 1.29 is 17.9 Å². The van der Waals surface area contributed by atoms with Gasteiger partial charge >= 0.3 is 5.97 Å². The summed E-state index contributed by atoms with van der Waals surface area (Å²) < 4.78 is 29.0. The van der Waals surface area contributed by atoms with Gasteiger partial charge in [-0.25, -0.2) is 8.42 Å². The molecule has 0 aliphatic carbocycles. The summed E-state index contributed by atoms with van der Waals surface area (Å²) >= 11 is 3.17. The van der Waals surface area contributed by atoms with Crippen LogP contribution in [-0.2, 0) is 19.4 Å². The lowest BCUT2D eigenvalue weighted by molar-refractivity contribution is -0.147. The molecule has 0 saturated carbocycles. The van der Waals surface area contributed by atoms with Crippen LogP contribution in [0.5, 0.6) is 0 Å². The summed E-state index contributed by atoms with van der Waals surface area (Å²) in [7, 11) is -3.59. The number of sulfone groups is 1. The van der Waals surface area contributed by atoms with Crippen molar-refractivity contribution >= 4 is 31.7 Å². The van der Waals surface area contributed by atoms with Crippen LogP contribution in [-0.4, -0.2) is 24.7 Å². The van der Waals surface area contributed by atoms with E-state index in [1.54, 1.807) is 18.2 Å². The van der Waals surface area contributed by atoms with Gasteiger partial charge in [-0.05, 0) is 18.1 Å². The van der Waals surface area contributed by atoms with Crippen LogP contribution in [0.3, 0.4) is 0 Å². The van der Waals surface area contributed by atoms with Crippen LogP contribution in [0.2, 0.25) is 0 Å². The van der Waals surface area contributed by atoms with Gasteiger partial charge in [-0.1, -0.05) is 48.0 Å². The lowest BCUT2D eigenvalue weighted by Gasteiger charge is -2.25. The minimum atomic E-state index is -3.59. The van der Waals surface area contributed by atoms with Gasteiger partial charge in [-0.3, -0.25) is 4.79 Å². The van der Waals surface area contributed by atoms with Crippen molar-refractivity contribution in [2.75, 3.05) is 0 Å². The summed E-state index contributed by atoms with van der Waals surface area (Å²) in [6, 6.07) is 8.10. The van der Waals surface area contributed by atoms with E-state index < -0.39 is 26.1 Å². The van der Waals surface area contributed by atoms with Crippen LogP contribution in [0, 0.1) is 5.92 Å². The molecule has 2 unspecified atom stereocenters. The molecule has 0 radical (unpaired) electrons. The molecule has 0 aromatic heterocycles. The van der Waals surface area contributed by atoms with Crippen LogP contribution in [0.15, 0.2) is 35.2 Å². The summed E-state index contributed by atoms with van der Waals surface area (Å²) in [5, 5.41) is 0. The highest BCUT2D eigenvalue weighted by atomic mass is 79.9. The summed E-state index contributed by atoms with van der Waals surface area (Å²) in [4.78, 5) is 11.3.